The number of benzene rings is 11. The van der Waals surface area contributed by atoms with Gasteiger partial charge in [0.2, 0.25) is 0 Å². The van der Waals surface area contributed by atoms with E-state index in [-0.39, 0.29) is 0 Å². The van der Waals surface area contributed by atoms with Crippen LogP contribution in [0.2, 0.25) is 0 Å². The number of aromatic nitrogens is 4. The van der Waals surface area contributed by atoms with E-state index in [0.29, 0.717) is 5.56 Å². The van der Waals surface area contributed by atoms with Gasteiger partial charge in [-0.1, -0.05) is 158 Å². The number of fused-ring (bicyclic) bond motifs is 15. The molecule has 362 valence electrons. The molecule has 6 heteroatoms. The maximum atomic E-state index is 13.0. The highest BCUT2D eigenvalue weighted by atomic mass is 32.1. The predicted molar refractivity (Wildman–Crippen MR) is 326 cm³/mol. The summed E-state index contributed by atoms with van der Waals surface area (Å²) >= 11 is 1.85. The first-order valence-corrected chi connectivity index (χ1v) is 27.2. The summed E-state index contributed by atoms with van der Waals surface area (Å²) in [5.41, 5.74) is 19.3. The minimum atomic E-state index is 0.563. The molecule has 0 aliphatic heterocycles. The topological polar surface area (TPSA) is 43.5 Å². The summed E-state index contributed by atoms with van der Waals surface area (Å²) in [6, 6.07) is 80.9. The molecule has 0 amide bonds. The molecule has 5 nitrogen and oxygen atoms in total. The van der Waals surface area contributed by atoms with E-state index in [1.165, 1.54) is 64.0 Å². The van der Waals surface area contributed by atoms with E-state index in [1.54, 1.807) is 0 Å². The second kappa shape index (κ2) is 16.2. The van der Waals surface area contributed by atoms with Gasteiger partial charge in [-0.2, -0.15) is 5.26 Å². The van der Waals surface area contributed by atoms with Gasteiger partial charge in [-0.3, -0.25) is 0 Å². The molecule has 16 aromatic rings. The van der Waals surface area contributed by atoms with E-state index in [2.05, 4.69) is 264 Å². The van der Waals surface area contributed by atoms with Gasteiger partial charge in [0.25, 0.3) is 0 Å². The van der Waals surface area contributed by atoms with Crippen LogP contribution in [-0.4, -0.2) is 18.3 Å². The van der Waals surface area contributed by atoms with Gasteiger partial charge in [0.1, 0.15) is 11.6 Å². The maximum absolute atomic E-state index is 13.0. The summed E-state index contributed by atoms with van der Waals surface area (Å²) in [6.07, 6.45) is 0. The van der Waals surface area contributed by atoms with Crippen LogP contribution in [0.1, 0.15) is 27.8 Å². The second-order valence-electron chi connectivity index (χ2n) is 20.8. The Labute approximate surface area is 447 Å². The molecule has 77 heavy (non-hydrogen) atoms. The molecular weight excluding hydrogens is 955 g/mol. The number of hydrogen-bond acceptors (Lipinski definition) is 2. The fourth-order valence-electron chi connectivity index (χ4n) is 13.6. The minimum Gasteiger partial charge on any atom is -0.306 e. The molecule has 0 bridgehead atoms. The largest absolute Gasteiger partial charge is 0.306 e. The van der Waals surface area contributed by atoms with E-state index >= 15 is 0 Å². The Balaban J connectivity index is 1.31. The van der Waals surface area contributed by atoms with E-state index in [9.17, 15) is 5.26 Å². The first kappa shape index (κ1) is 43.7. The Bertz CT molecular complexity index is 5030. The van der Waals surface area contributed by atoms with Gasteiger partial charge in [-0.15, -0.1) is 11.3 Å². The number of hydrogen-bond donors (Lipinski definition) is 0. The van der Waals surface area contributed by atoms with E-state index in [1.807, 2.05) is 11.3 Å². The van der Waals surface area contributed by atoms with Gasteiger partial charge in [-0.05, 0) is 105 Å². The van der Waals surface area contributed by atoms with Gasteiger partial charge in [0.05, 0.1) is 66.9 Å². The molecule has 0 aliphatic carbocycles. The van der Waals surface area contributed by atoms with Crippen molar-refractivity contribution in [2.75, 3.05) is 0 Å². The third-order valence-corrected chi connectivity index (χ3v) is 17.9. The number of para-hydroxylation sites is 4. The highest BCUT2D eigenvalue weighted by molar-refractivity contribution is 7.26. The zero-order chi connectivity index (χ0) is 51.4. The van der Waals surface area contributed by atoms with Crippen LogP contribution in [0.5, 0.6) is 0 Å². The first-order valence-electron chi connectivity index (χ1n) is 26.4. The highest BCUT2D eigenvalue weighted by Gasteiger charge is 2.36. The fraction of sp³-hybridized carbons (Fsp3) is 0.0563. The van der Waals surface area contributed by atoms with Crippen molar-refractivity contribution in [3.8, 4) is 39.9 Å². The molecule has 0 saturated carbocycles. The summed E-state index contributed by atoms with van der Waals surface area (Å²) in [5, 5.41) is 24.7. The van der Waals surface area contributed by atoms with Crippen LogP contribution in [0.4, 0.5) is 0 Å². The zero-order valence-corrected chi connectivity index (χ0v) is 43.7. The maximum Gasteiger partial charge on any atom is 0.104 e. The Morgan fingerprint density at radius 1 is 0.312 bits per heavy atom. The van der Waals surface area contributed by atoms with Crippen molar-refractivity contribution in [2.45, 2.75) is 27.7 Å². The molecule has 0 unspecified atom stereocenters. The van der Waals surface area contributed by atoms with E-state index < -0.39 is 0 Å². The summed E-state index contributed by atoms with van der Waals surface area (Å²) in [4.78, 5) is 0. The van der Waals surface area contributed by atoms with E-state index in [4.69, 9.17) is 0 Å². The zero-order valence-electron chi connectivity index (χ0n) is 42.9. The standard InChI is InChI=1S/C71H47N5S/c1-41-20-15-35-57-62(41)47-25-5-10-31-53(47)73(57)67-52(40-72)68(74-54-32-11-6-26-48(54)63-42(2)21-16-36-58(63)74)70(76-56-34-13-8-28-50(56)65-44(4)23-18-38-60(65)76)66(51-30-19-29-46-45-24-9-14-39-61(45)77-71(46)51)69(67)75-55-33-12-7-27-49(55)64-43(3)22-17-37-59(64)75/h5-39H,1-4H3. The lowest BCUT2D eigenvalue weighted by molar-refractivity contribution is 1.04. The number of nitrogens with zero attached hydrogens (tertiary/aromatic N) is 5. The SMILES string of the molecule is Cc1cccc2c1c1ccccc1n2-c1c(C#N)c(-n2c3ccccc3c3c(C)cccc32)c(-n2c3ccccc3c3c(C)cccc32)c(-c2cccc3c2sc2ccccc23)c1-n1c2ccccc2c2c(C)cccc21. The molecule has 16 rings (SSSR count). The Morgan fingerprint density at radius 3 is 1.01 bits per heavy atom. The molecular formula is C71H47N5S. The molecule has 0 saturated heterocycles. The molecule has 0 spiro atoms. The summed E-state index contributed by atoms with van der Waals surface area (Å²) < 4.78 is 12.3. The normalized spacial score (nSPS) is 12.1. The van der Waals surface area contributed by atoms with Crippen LogP contribution in [0.15, 0.2) is 212 Å². The molecule has 0 aliphatic rings. The lowest BCUT2D eigenvalue weighted by atomic mass is 9.92. The van der Waals surface area contributed by atoms with Crippen molar-refractivity contribution >= 4 is 119 Å². The van der Waals surface area contributed by atoms with Crippen molar-refractivity contribution in [1.29, 1.82) is 5.26 Å². The Morgan fingerprint density at radius 2 is 0.623 bits per heavy atom. The number of nitriles is 1. The van der Waals surface area contributed by atoms with Gasteiger partial charge >= 0.3 is 0 Å². The molecule has 0 radical (unpaired) electrons. The number of aryl methyl sites for hydroxylation is 4. The summed E-state index contributed by atoms with van der Waals surface area (Å²) in [5.74, 6) is 0. The van der Waals surface area contributed by atoms with Crippen LogP contribution < -0.4 is 0 Å². The second-order valence-corrected chi connectivity index (χ2v) is 21.9. The van der Waals surface area contributed by atoms with Gasteiger partial charge in [0, 0.05) is 74.4 Å². The Kier molecular flexibility index (Phi) is 9.18. The Hall–Kier alpha value is -9.67. The molecule has 0 N–H and O–H groups in total. The van der Waals surface area contributed by atoms with Gasteiger partial charge < -0.3 is 18.3 Å². The smallest absolute Gasteiger partial charge is 0.104 e. The lowest BCUT2D eigenvalue weighted by Crippen LogP contribution is -2.16. The van der Waals surface area contributed by atoms with Crippen LogP contribution >= 0.6 is 11.3 Å². The van der Waals surface area contributed by atoms with Crippen LogP contribution in [0.3, 0.4) is 0 Å². The average Bonchev–Trinajstić information content (AvgIpc) is 4.18. The number of thiophene rings is 1. The molecule has 0 atom stereocenters. The molecule has 0 fully saturated rings. The van der Waals surface area contributed by atoms with Crippen molar-refractivity contribution < 1.29 is 0 Å². The van der Waals surface area contributed by atoms with Crippen LogP contribution in [0, 0.1) is 39.0 Å². The van der Waals surface area contributed by atoms with Gasteiger partial charge in [0.15, 0.2) is 0 Å². The fourth-order valence-corrected chi connectivity index (χ4v) is 14.9. The van der Waals surface area contributed by atoms with Crippen LogP contribution in [-0.2, 0) is 0 Å². The van der Waals surface area contributed by atoms with Crippen molar-refractivity contribution in [3.05, 3.63) is 240 Å². The molecule has 5 heterocycles. The quantitative estimate of drug-likeness (QED) is 0.169. The van der Waals surface area contributed by atoms with Crippen molar-refractivity contribution in [1.82, 2.24) is 18.3 Å². The first-order chi connectivity index (χ1) is 37.9. The van der Waals surface area contributed by atoms with Crippen LogP contribution in [0.25, 0.3) is 141 Å². The lowest BCUT2D eigenvalue weighted by Gasteiger charge is -2.29. The molecule has 11 aromatic carbocycles. The monoisotopic (exact) mass is 1000 g/mol. The number of rotatable bonds is 5. The predicted octanol–water partition coefficient (Wildman–Crippen LogP) is 19.2. The van der Waals surface area contributed by atoms with Crippen molar-refractivity contribution in [2.24, 2.45) is 0 Å². The van der Waals surface area contributed by atoms with E-state index in [0.717, 1.165) is 99.6 Å². The summed E-state index contributed by atoms with van der Waals surface area (Å²) in [6.45, 7) is 8.89. The highest BCUT2D eigenvalue weighted by Crippen LogP contribution is 2.54. The minimum absolute atomic E-state index is 0.563. The average molecular weight is 1000 g/mol. The third kappa shape index (κ3) is 5.81. The molecule has 5 aromatic heterocycles. The third-order valence-electron chi connectivity index (χ3n) is 16.7. The summed E-state index contributed by atoms with van der Waals surface area (Å²) in [7, 11) is 0. The van der Waals surface area contributed by atoms with Gasteiger partial charge in [-0.25, -0.2) is 0 Å². The van der Waals surface area contributed by atoms with Crippen molar-refractivity contribution in [3.63, 3.8) is 0 Å².